The van der Waals surface area contributed by atoms with Crippen LogP contribution in [0.1, 0.15) is 70.6 Å². The van der Waals surface area contributed by atoms with E-state index in [0.717, 1.165) is 32.1 Å². The molecule has 0 aromatic heterocycles. The van der Waals surface area contributed by atoms with Crippen molar-refractivity contribution in [3.8, 4) is 0 Å². The minimum absolute atomic E-state index is 0.154. The molecule has 6 nitrogen and oxygen atoms in total. The van der Waals surface area contributed by atoms with E-state index in [-0.39, 0.29) is 19.3 Å². The Hall–Kier alpha value is -1.59. The first-order valence-electron chi connectivity index (χ1n) is 7.57. The van der Waals surface area contributed by atoms with Gasteiger partial charge in [-0.25, -0.2) is 0 Å². The standard InChI is InChI=1S/C15H26O6/c16-13(17)9-3-1-6-12(8-5-11-15(20)21)7-2-4-10-14(18)19/h12H,1-11H2,(H,16,17)(H,18,19)(H,20,21). The summed E-state index contributed by atoms with van der Waals surface area (Å²) in [6.07, 6.45) is 6.62. The molecule has 0 aliphatic heterocycles. The van der Waals surface area contributed by atoms with Gasteiger partial charge in [0.05, 0.1) is 0 Å². The molecule has 0 amide bonds. The van der Waals surface area contributed by atoms with E-state index in [0.29, 0.717) is 25.2 Å². The Labute approximate surface area is 125 Å². The Morgan fingerprint density at radius 1 is 0.571 bits per heavy atom. The normalized spacial score (nSPS) is 10.7. The first-order chi connectivity index (χ1) is 9.91. The number of unbranched alkanes of at least 4 members (excludes halogenated alkanes) is 2. The lowest BCUT2D eigenvalue weighted by Crippen LogP contribution is -2.05. The van der Waals surface area contributed by atoms with Crippen molar-refractivity contribution < 1.29 is 29.7 Å². The molecule has 3 N–H and O–H groups in total. The minimum atomic E-state index is -0.800. The summed E-state index contributed by atoms with van der Waals surface area (Å²) in [6.45, 7) is 0. The number of aliphatic carboxylic acids is 3. The van der Waals surface area contributed by atoms with Crippen LogP contribution < -0.4 is 0 Å². The molecule has 0 bridgehead atoms. The van der Waals surface area contributed by atoms with Crippen LogP contribution in [0.3, 0.4) is 0 Å². The van der Waals surface area contributed by atoms with Gasteiger partial charge in [0, 0.05) is 19.3 Å². The predicted molar refractivity (Wildman–Crippen MR) is 77.2 cm³/mol. The molecule has 0 spiro atoms. The Morgan fingerprint density at radius 3 is 1.29 bits per heavy atom. The first-order valence-corrected chi connectivity index (χ1v) is 7.57. The van der Waals surface area contributed by atoms with Gasteiger partial charge in [-0.2, -0.15) is 0 Å². The molecule has 0 saturated carbocycles. The summed E-state index contributed by atoms with van der Waals surface area (Å²) < 4.78 is 0. The molecule has 0 unspecified atom stereocenters. The van der Waals surface area contributed by atoms with Crippen LogP contribution in [0, 0.1) is 5.92 Å². The molecule has 0 atom stereocenters. The van der Waals surface area contributed by atoms with Crippen molar-refractivity contribution in [2.45, 2.75) is 70.6 Å². The fourth-order valence-corrected chi connectivity index (χ4v) is 2.39. The molecule has 0 aliphatic carbocycles. The van der Waals surface area contributed by atoms with Crippen LogP contribution in [0.5, 0.6) is 0 Å². The average Bonchev–Trinajstić information content (AvgIpc) is 2.37. The van der Waals surface area contributed by atoms with E-state index in [9.17, 15) is 14.4 Å². The maximum atomic E-state index is 10.5. The number of carbonyl (C=O) groups is 3. The van der Waals surface area contributed by atoms with Crippen LogP contribution in [-0.2, 0) is 14.4 Å². The number of hydrogen-bond donors (Lipinski definition) is 3. The molecule has 0 aromatic rings. The highest BCUT2D eigenvalue weighted by molar-refractivity contribution is 5.67. The second-order valence-electron chi connectivity index (χ2n) is 5.43. The lowest BCUT2D eigenvalue weighted by molar-refractivity contribution is -0.138. The molecule has 0 heterocycles. The summed E-state index contributed by atoms with van der Waals surface area (Å²) in [7, 11) is 0. The molecule has 0 aliphatic rings. The van der Waals surface area contributed by atoms with Gasteiger partial charge in [-0.1, -0.05) is 25.7 Å². The zero-order valence-corrected chi connectivity index (χ0v) is 12.4. The van der Waals surface area contributed by atoms with E-state index < -0.39 is 17.9 Å². The molecule has 6 heteroatoms. The summed E-state index contributed by atoms with van der Waals surface area (Å²) in [5.74, 6) is -2.02. The van der Waals surface area contributed by atoms with Crippen LogP contribution in [0.2, 0.25) is 0 Å². The Kier molecular flexibility index (Phi) is 11.3. The van der Waals surface area contributed by atoms with Gasteiger partial charge in [-0.05, 0) is 31.6 Å². The zero-order chi connectivity index (χ0) is 16.1. The number of carboxylic acid groups (broad SMARTS) is 3. The third kappa shape index (κ3) is 14.6. The van der Waals surface area contributed by atoms with Gasteiger partial charge in [0.25, 0.3) is 0 Å². The largest absolute Gasteiger partial charge is 0.481 e. The van der Waals surface area contributed by atoms with Crippen molar-refractivity contribution in [3.63, 3.8) is 0 Å². The SMILES string of the molecule is O=C(O)CCCCC(CCCCC(=O)O)CCCC(=O)O. The van der Waals surface area contributed by atoms with Gasteiger partial charge in [-0.3, -0.25) is 14.4 Å². The van der Waals surface area contributed by atoms with Crippen LogP contribution in [0.4, 0.5) is 0 Å². The number of carboxylic acids is 3. The summed E-state index contributed by atoms with van der Waals surface area (Å²) in [4.78, 5) is 31.4. The summed E-state index contributed by atoms with van der Waals surface area (Å²) in [5.41, 5.74) is 0. The highest BCUT2D eigenvalue weighted by atomic mass is 16.4. The second kappa shape index (κ2) is 12.2. The van der Waals surface area contributed by atoms with Crippen molar-refractivity contribution in [1.82, 2.24) is 0 Å². The van der Waals surface area contributed by atoms with Crippen molar-refractivity contribution in [2.24, 2.45) is 5.92 Å². The molecule has 0 saturated heterocycles. The summed E-state index contributed by atoms with van der Waals surface area (Å²) in [5, 5.41) is 25.8. The fraction of sp³-hybridized carbons (Fsp3) is 0.800. The fourth-order valence-electron chi connectivity index (χ4n) is 2.39. The van der Waals surface area contributed by atoms with Gasteiger partial charge in [-0.15, -0.1) is 0 Å². The van der Waals surface area contributed by atoms with E-state index >= 15 is 0 Å². The van der Waals surface area contributed by atoms with E-state index in [1.165, 1.54) is 0 Å². The van der Waals surface area contributed by atoms with Crippen molar-refractivity contribution >= 4 is 17.9 Å². The average molecular weight is 302 g/mol. The van der Waals surface area contributed by atoms with Gasteiger partial charge in [0.2, 0.25) is 0 Å². The van der Waals surface area contributed by atoms with Crippen LogP contribution >= 0.6 is 0 Å². The molecular formula is C15H26O6. The van der Waals surface area contributed by atoms with Crippen molar-refractivity contribution in [3.05, 3.63) is 0 Å². The Bertz CT molecular complexity index is 304. The molecule has 0 aromatic carbocycles. The highest BCUT2D eigenvalue weighted by Gasteiger charge is 2.11. The van der Waals surface area contributed by atoms with Crippen LogP contribution in [0.25, 0.3) is 0 Å². The minimum Gasteiger partial charge on any atom is -0.481 e. The van der Waals surface area contributed by atoms with Gasteiger partial charge in [0.1, 0.15) is 0 Å². The van der Waals surface area contributed by atoms with E-state index in [2.05, 4.69) is 0 Å². The topological polar surface area (TPSA) is 112 Å². The Morgan fingerprint density at radius 2 is 0.905 bits per heavy atom. The van der Waals surface area contributed by atoms with Gasteiger partial charge in [0.15, 0.2) is 0 Å². The van der Waals surface area contributed by atoms with E-state index in [1.807, 2.05) is 0 Å². The molecule has 122 valence electrons. The number of rotatable bonds is 14. The lowest BCUT2D eigenvalue weighted by atomic mass is 9.90. The third-order valence-electron chi connectivity index (χ3n) is 3.51. The zero-order valence-electron chi connectivity index (χ0n) is 12.4. The summed E-state index contributed by atoms with van der Waals surface area (Å²) >= 11 is 0. The maximum absolute atomic E-state index is 10.5. The lowest BCUT2D eigenvalue weighted by Gasteiger charge is -2.16. The maximum Gasteiger partial charge on any atom is 0.303 e. The van der Waals surface area contributed by atoms with Crippen LogP contribution in [-0.4, -0.2) is 33.2 Å². The molecule has 0 fully saturated rings. The van der Waals surface area contributed by atoms with Gasteiger partial charge >= 0.3 is 17.9 Å². The third-order valence-corrected chi connectivity index (χ3v) is 3.51. The van der Waals surface area contributed by atoms with Crippen LogP contribution in [0.15, 0.2) is 0 Å². The Balaban J connectivity index is 3.92. The molecular weight excluding hydrogens is 276 g/mol. The van der Waals surface area contributed by atoms with E-state index in [4.69, 9.17) is 15.3 Å². The first kappa shape index (κ1) is 19.4. The second-order valence-corrected chi connectivity index (χ2v) is 5.43. The highest BCUT2D eigenvalue weighted by Crippen LogP contribution is 2.23. The molecule has 21 heavy (non-hydrogen) atoms. The summed E-state index contributed by atoms with van der Waals surface area (Å²) in [6, 6.07) is 0. The monoisotopic (exact) mass is 302 g/mol. The molecule has 0 radical (unpaired) electrons. The number of hydrogen-bond acceptors (Lipinski definition) is 3. The van der Waals surface area contributed by atoms with Crippen molar-refractivity contribution in [2.75, 3.05) is 0 Å². The van der Waals surface area contributed by atoms with Gasteiger partial charge < -0.3 is 15.3 Å². The van der Waals surface area contributed by atoms with Crippen molar-refractivity contribution in [1.29, 1.82) is 0 Å². The molecule has 0 rings (SSSR count). The predicted octanol–water partition coefficient (Wildman–Crippen LogP) is 3.15. The smallest absolute Gasteiger partial charge is 0.303 e. The van der Waals surface area contributed by atoms with E-state index in [1.54, 1.807) is 0 Å². The quantitative estimate of drug-likeness (QED) is 0.425.